The maximum atomic E-state index is 12.2. The number of fused-ring (bicyclic) bond motifs is 1. The summed E-state index contributed by atoms with van der Waals surface area (Å²) in [4.78, 5) is 12.2. The Kier molecular flexibility index (Phi) is 5.54. The number of carbonyl (C=O) groups is 1. The van der Waals surface area contributed by atoms with Gasteiger partial charge in [-0.25, -0.2) is 0 Å². The van der Waals surface area contributed by atoms with Crippen LogP contribution in [0.3, 0.4) is 0 Å². The van der Waals surface area contributed by atoms with Gasteiger partial charge in [0.15, 0.2) is 0 Å². The van der Waals surface area contributed by atoms with Crippen molar-refractivity contribution in [1.82, 2.24) is 0 Å². The molecule has 2 rings (SSSR count). The Morgan fingerprint density at radius 2 is 1.95 bits per heavy atom. The summed E-state index contributed by atoms with van der Waals surface area (Å²) in [5, 5.41) is 0. The molecule has 0 aromatic heterocycles. The zero-order valence-electron chi connectivity index (χ0n) is 15.0. The standard InChI is InChI=1S/C20H36O/c1-6-9-14(3)17-12-13-20(5)18(15(4)21)10-8-11-19(20)16(17)7-2/h14,16-19H,6-13H2,1-5H3/t14-,16-,17?,18-,19?,20-/m1/s1. The first-order valence-electron chi connectivity index (χ1n) is 9.46. The highest BCUT2D eigenvalue weighted by Crippen LogP contribution is 2.59. The van der Waals surface area contributed by atoms with Gasteiger partial charge in [-0.1, -0.05) is 53.4 Å². The topological polar surface area (TPSA) is 17.1 Å². The number of hydrogen-bond acceptors (Lipinski definition) is 1. The summed E-state index contributed by atoms with van der Waals surface area (Å²) in [5.74, 6) is 4.21. The van der Waals surface area contributed by atoms with E-state index in [1.807, 2.05) is 6.92 Å². The second-order valence-electron chi connectivity index (χ2n) is 8.25. The van der Waals surface area contributed by atoms with E-state index in [9.17, 15) is 4.79 Å². The maximum Gasteiger partial charge on any atom is 0.133 e. The molecular formula is C20H36O. The third-order valence-corrected chi connectivity index (χ3v) is 7.17. The van der Waals surface area contributed by atoms with Crippen LogP contribution < -0.4 is 0 Å². The Morgan fingerprint density at radius 1 is 1.24 bits per heavy atom. The molecule has 122 valence electrons. The molecule has 0 aromatic carbocycles. The number of hydrogen-bond donors (Lipinski definition) is 0. The van der Waals surface area contributed by atoms with Crippen molar-refractivity contribution in [1.29, 1.82) is 0 Å². The van der Waals surface area contributed by atoms with Gasteiger partial charge in [-0.05, 0) is 61.7 Å². The van der Waals surface area contributed by atoms with Crippen LogP contribution in [-0.4, -0.2) is 5.78 Å². The predicted molar refractivity (Wildman–Crippen MR) is 90.2 cm³/mol. The molecule has 0 spiro atoms. The third kappa shape index (κ3) is 3.08. The summed E-state index contributed by atoms with van der Waals surface area (Å²) in [6.45, 7) is 11.5. The van der Waals surface area contributed by atoms with Gasteiger partial charge in [0.1, 0.15) is 5.78 Å². The number of carbonyl (C=O) groups excluding carboxylic acids is 1. The van der Waals surface area contributed by atoms with E-state index in [1.165, 1.54) is 44.9 Å². The van der Waals surface area contributed by atoms with Crippen molar-refractivity contribution in [2.45, 2.75) is 86.0 Å². The van der Waals surface area contributed by atoms with E-state index < -0.39 is 0 Å². The van der Waals surface area contributed by atoms with Crippen LogP contribution >= 0.6 is 0 Å². The van der Waals surface area contributed by atoms with Crippen molar-refractivity contribution < 1.29 is 4.79 Å². The van der Waals surface area contributed by atoms with E-state index in [0.717, 1.165) is 30.1 Å². The molecule has 0 saturated heterocycles. The SMILES string of the molecule is CCC[C@@H](C)C1CC[C@@]2(C)C(CCC[C@@H]2C(C)=O)[C@@H]1CC. The van der Waals surface area contributed by atoms with Gasteiger partial charge in [0.05, 0.1) is 0 Å². The zero-order valence-corrected chi connectivity index (χ0v) is 15.0. The van der Waals surface area contributed by atoms with Crippen LogP contribution in [0.25, 0.3) is 0 Å². The lowest BCUT2D eigenvalue weighted by atomic mass is 9.48. The van der Waals surface area contributed by atoms with Crippen LogP contribution in [0.2, 0.25) is 0 Å². The lowest BCUT2D eigenvalue weighted by molar-refractivity contribution is -0.136. The molecule has 1 nitrogen and oxygen atoms in total. The molecule has 6 atom stereocenters. The average Bonchev–Trinajstić information content (AvgIpc) is 2.44. The van der Waals surface area contributed by atoms with Crippen LogP contribution in [0, 0.1) is 35.0 Å². The molecule has 0 bridgehead atoms. The molecule has 1 heteroatoms. The minimum Gasteiger partial charge on any atom is -0.300 e. The highest BCUT2D eigenvalue weighted by atomic mass is 16.1. The van der Waals surface area contributed by atoms with E-state index in [1.54, 1.807) is 0 Å². The summed E-state index contributed by atoms with van der Waals surface area (Å²) in [5.41, 5.74) is 0.299. The largest absolute Gasteiger partial charge is 0.300 e. The van der Waals surface area contributed by atoms with Crippen LogP contribution in [-0.2, 0) is 4.79 Å². The highest BCUT2D eigenvalue weighted by molar-refractivity contribution is 5.79. The number of rotatable bonds is 5. The maximum absolute atomic E-state index is 12.2. The highest BCUT2D eigenvalue weighted by Gasteiger charge is 2.52. The molecule has 0 amide bonds. The summed E-state index contributed by atoms with van der Waals surface area (Å²) in [6.07, 6.45) is 10.4. The molecule has 2 aliphatic rings. The molecule has 0 radical (unpaired) electrons. The smallest absolute Gasteiger partial charge is 0.133 e. The normalized spacial score (nSPS) is 41.4. The van der Waals surface area contributed by atoms with Crippen LogP contribution in [0.1, 0.15) is 86.0 Å². The summed E-state index contributed by atoms with van der Waals surface area (Å²) >= 11 is 0. The molecule has 2 aliphatic carbocycles. The fourth-order valence-corrected chi connectivity index (χ4v) is 6.14. The number of ketones is 1. The third-order valence-electron chi connectivity index (χ3n) is 7.17. The van der Waals surface area contributed by atoms with Crippen LogP contribution in [0.4, 0.5) is 0 Å². The zero-order chi connectivity index (χ0) is 15.6. The Bertz CT molecular complexity index is 361. The Hall–Kier alpha value is -0.330. The molecule has 0 aliphatic heterocycles. The second kappa shape index (κ2) is 6.84. The van der Waals surface area contributed by atoms with E-state index >= 15 is 0 Å². The van der Waals surface area contributed by atoms with Gasteiger partial charge in [-0.2, -0.15) is 0 Å². The molecule has 21 heavy (non-hydrogen) atoms. The molecule has 2 saturated carbocycles. The summed E-state index contributed by atoms with van der Waals surface area (Å²) in [7, 11) is 0. The van der Waals surface area contributed by atoms with Crippen LogP contribution in [0.5, 0.6) is 0 Å². The molecule has 0 heterocycles. The summed E-state index contributed by atoms with van der Waals surface area (Å²) < 4.78 is 0. The molecule has 2 unspecified atom stereocenters. The first kappa shape index (κ1) is 17.0. The van der Waals surface area contributed by atoms with Gasteiger partial charge in [-0.15, -0.1) is 0 Å². The first-order valence-corrected chi connectivity index (χ1v) is 9.46. The second-order valence-corrected chi connectivity index (χ2v) is 8.25. The monoisotopic (exact) mass is 292 g/mol. The fourth-order valence-electron chi connectivity index (χ4n) is 6.14. The summed E-state index contributed by atoms with van der Waals surface area (Å²) in [6, 6.07) is 0. The lowest BCUT2D eigenvalue weighted by Crippen LogP contribution is -2.50. The van der Waals surface area contributed by atoms with Crippen LogP contribution in [0.15, 0.2) is 0 Å². The van der Waals surface area contributed by atoms with Gasteiger partial charge in [-0.3, -0.25) is 4.79 Å². The minimum atomic E-state index is 0.299. The Morgan fingerprint density at radius 3 is 2.52 bits per heavy atom. The average molecular weight is 293 g/mol. The fraction of sp³-hybridized carbons (Fsp3) is 0.950. The van der Waals surface area contributed by atoms with Crippen molar-refractivity contribution in [2.24, 2.45) is 35.0 Å². The van der Waals surface area contributed by atoms with Gasteiger partial charge < -0.3 is 0 Å². The van der Waals surface area contributed by atoms with E-state index in [2.05, 4.69) is 27.7 Å². The molecule has 2 fully saturated rings. The first-order chi connectivity index (χ1) is 9.95. The molecule has 0 N–H and O–H groups in total. The predicted octanol–water partition coefficient (Wildman–Crippen LogP) is 5.87. The van der Waals surface area contributed by atoms with Crippen molar-refractivity contribution in [3.8, 4) is 0 Å². The van der Waals surface area contributed by atoms with Gasteiger partial charge >= 0.3 is 0 Å². The van der Waals surface area contributed by atoms with Crippen molar-refractivity contribution in [2.75, 3.05) is 0 Å². The number of Topliss-reactive ketones (excluding diaryl/α,β-unsaturated/α-hetero) is 1. The quantitative estimate of drug-likeness (QED) is 0.619. The Balaban J connectivity index is 2.23. The minimum absolute atomic E-state index is 0.299. The van der Waals surface area contributed by atoms with Crippen molar-refractivity contribution >= 4 is 5.78 Å². The van der Waals surface area contributed by atoms with Crippen molar-refractivity contribution in [3.05, 3.63) is 0 Å². The van der Waals surface area contributed by atoms with E-state index in [4.69, 9.17) is 0 Å². The molecular weight excluding hydrogens is 256 g/mol. The van der Waals surface area contributed by atoms with Crippen molar-refractivity contribution in [3.63, 3.8) is 0 Å². The van der Waals surface area contributed by atoms with Gasteiger partial charge in [0, 0.05) is 5.92 Å². The van der Waals surface area contributed by atoms with Gasteiger partial charge in [0.25, 0.3) is 0 Å². The Labute approximate surface area is 132 Å². The molecule has 0 aromatic rings. The van der Waals surface area contributed by atoms with E-state index in [-0.39, 0.29) is 0 Å². The lowest BCUT2D eigenvalue weighted by Gasteiger charge is -2.56. The van der Waals surface area contributed by atoms with E-state index in [0.29, 0.717) is 17.1 Å². The van der Waals surface area contributed by atoms with Gasteiger partial charge in [0.2, 0.25) is 0 Å².